The van der Waals surface area contributed by atoms with E-state index in [1.807, 2.05) is 30.3 Å². The summed E-state index contributed by atoms with van der Waals surface area (Å²) < 4.78 is 4.81. The summed E-state index contributed by atoms with van der Waals surface area (Å²) in [6.07, 6.45) is -0.592. The first kappa shape index (κ1) is 22.1. The molecule has 1 aromatic carbocycles. The molecular weight excluding hydrogens is 396 g/mol. The van der Waals surface area contributed by atoms with Gasteiger partial charge in [-0.1, -0.05) is 18.2 Å². The number of carbonyl (C=O) groups excluding carboxylic acids is 2. The van der Waals surface area contributed by atoms with Gasteiger partial charge in [0, 0.05) is 51.9 Å². The molecule has 2 aromatic rings. The van der Waals surface area contributed by atoms with Crippen LogP contribution in [0.1, 0.15) is 5.56 Å². The summed E-state index contributed by atoms with van der Waals surface area (Å²) in [6.45, 7) is 4.28. The third-order valence-electron chi connectivity index (χ3n) is 5.05. The smallest absolute Gasteiger partial charge is 0.407 e. The number of nitrogens with zero attached hydrogens (tertiary/aromatic N) is 4. The second-order valence-corrected chi connectivity index (χ2v) is 7.07. The zero-order valence-electron chi connectivity index (χ0n) is 17.5. The van der Waals surface area contributed by atoms with Crippen molar-refractivity contribution < 1.29 is 14.3 Å². The van der Waals surface area contributed by atoms with Gasteiger partial charge in [-0.15, -0.1) is 0 Å². The van der Waals surface area contributed by atoms with Gasteiger partial charge in [0.25, 0.3) is 5.91 Å². The highest BCUT2D eigenvalue weighted by molar-refractivity contribution is 5.79. The average molecular weight is 422 g/mol. The van der Waals surface area contributed by atoms with Crippen molar-refractivity contribution in [3.05, 3.63) is 48.0 Å². The molecule has 9 nitrogen and oxygen atoms in total. The van der Waals surface area contributed by atoms with E-state index in [0.29, 0.717) is 18.7 Å². The van der Waals surface area contributed by atoms with Crippen LogP contribution in [0.5, 0.6) is 0 Å². The summed E-state index contributed by atoms with van der Waals surface area (Å²) in [7, 11) is 1.49. The highest BCUT2D eigenvalue weighted by Crippen LogP contribution is 2.22. The minimum atomic E-state index is -0.592. The molecule has 2 heterocycles. The van der Waals surface area contributed by atoms with Crippen LogP contribution in [0.25, 0.3) is 11.3 Å². The van der Waals surface area contributed by atoms with Crippen LogP contribution in [0.3, 0.4) is 0 Å². The van der Waals surface area contributed by atoms with Crippen molar-refractivity contribution >= 4 is 17.8 Å². The van der Waals surface area contributed by atoms with E-state index < -0.39 is 6.09 Å². The molecule has 2 amide bonds. The number of alkyl carbamates (subject to hydrolysis) is 1. The number of nitrogens with one attached hydrogen (secondary N) is 2. The Balaban J connectivity index is 1.45. The molecule has 0 spiro atoms. The molecule has 0 radical (unpaired) electrons. The van der Waals surface area contributed by atoms with E-state index in [1.165, 1.54) is 7.05 Å². The Bertz CT molecular complexity index is 933. The molecule has 1 saturated heterocycles. The van der Waals surface area contributed by atoms with Gasteiger partial charge in [0.05, 0.1) is 17.3 Å². The summed E-state index contributed by atoms with van der Waals surface area (Å²) in [4.78, 5) is 31.9. The first-order valence-corrected chi connectivity index (χ1v) is 10.1. The Morgan fingerprint density at radius 3 is 2.55 bits per heavy atom. The lowest BCUT2D eigenvalue weighted by Gasteiger charge is -2.35. The molecule has 9 heteroatoms. The van der Waals surface area contributed by atoms with Crippen molar-refractivity contribution in [2.24, 2.45) is 0 Å². The predicted octanol–water partition coefficient (Wildman–Crippen LogP) is 1.21. The van der Waals surface area contributed by atoms with Crippen molar-refractivity contribution in [3.63, 3.8) is 0 Å². The molecule has 31 heavy (non-hydrogen) atoms. The van der Waals surface area contributed by atoms with Crippen molar-refractivity contribution in [3.8, 4) is 17.3 Å². The molecule has 3 rings (SSSR count). The molecule has 0 atom stereocenters. The minimum Gasteiger partial charge on any atom is -0.439 e. The zero-order valence-corrected chi connectivity index (χ0v) is 17.5. The number of pyridine rings is 1. The van der Waals surface area contributed by atoms with E-state index in [2.05, 4.69) is 26.5 Å². The number of likely N-dealkylation sites (N-methyl/N-ethyl adjacent to an activating group) is 1. The largest absolute Gasteiger partial charge is 0.439 e. The number of nitriles is 1. The number of carbonyl (C=O) groups is 2. The second kappa shape index (κ2) is 10.9. The Morgan fingerprint density at radius 2 is 1.87 bits per heavy atom. The van der Waals surface area contributed by atoms with Crippen LogP contribution in [0.15, 0.2) is 42.5 Å². The van der Waals surface area contributed by atoms with Crippen LogP contribution in [0, 0.1) is 11.3 Å². The van der Waals surface area contributed by atoms with Crippen LogP contribution < -0.4 is 15.5 Å². The van der Waals surface area contributed by atoms with E-state index in [0.717, 1.165) is 43.3 Å². The molecule has 1 aliphatic heterocycles. The minimum absolute atomic E-state index is 0.282. The fourth-order valence-electron chi connectivity index (χ4n) is 3.25. The van der Waals surface area contributed by atoms with Gasteiger partial charge in [0.1, 0.15) is 5.82 Å². The van der Waals surface area contributed by atoms with Crippen molar-refractivity contribution in [2.45, 2.75) is 0 Å². The zero-order chi connectivity index (χ0) is 22.1. The average Bonchev–Trinajstić information content (AvgIpc) is 2.83. The van der Waals surface area contributed by atoms with Crippen molar-refractivity contribution in [2.75, 3.05) is 57.8 Å². The van der Waals surface area contributed by atoms with Gasteiger partial charge in [-0.2, -0.15) is 5.26 Å². The van der Waals surface area contributed by atoms with Crippen molar-refractivity contribution in [1.29, 1.82) is 5.26 Å². The monoisotopic (exact) mass is 422 g/mol. The summed E-state index contributed by atoms with van der Waals surface area (Å²) in [5.74, 6) is 0.584. The summed E-state index contributed by atoms with van der Waals surface area (Å²) >= 11 is 0. The first-order chi connectivity index (χ1) is 15.1. The van der Waals surface area contributed by atoms with Gasteiger partial charge in [-0.25, -0.2) is 9.78 Å². The number of piperazine rings is 1. The van der Waals surface area contributed by atoms with E-state index >= 15 is 0 Å². The maximum Gasteiger partial charge on any atom is 0.407 e. The molecule has 0 bridgehead atoms. The maximum absolute atomic E-state index is 11.6. The standard InChI is InChI=1S/C22H26N6O3/c1-24-21(29)16-31-22(30)25-9-10-27-11-13-28(14-12-27)20-4-2-3-19(26-20)18-7-5-17(15-23)6-8-18/h2-8H,9-14,16H2,1H3,(H,24,29)(H,25,30). The van der Waals surface area contributed by atoms with Crippen LogP contribution in [-0.2, 0) is 9.53 Å². The van der Waals surface area contributed by atoms with E-state index in [1.54, 1.807) is 12.1 Å². The summed E-state index contributed by atoms with van der Waals surface area (Å²) in [5.41, 5.74) is 2.49. The number of aromatic nitrogens is 1. The van der Waals surface area contributed by atoms with Crippen LogP contribution in [0.4, 0.5) is 10.6 Å². The Labute approximate surface area is 181 Å². The lowest BCUT2D eigenvalue weighted by Crippen LogP contribution is -2.48. The van der Waals surface area contributed by atoms with Gasteiger partial charge in [0.2, 0.25) is 0 Å². The number of anilines is 1. The van der Waals surface area contributed by atoms with Gasteiger partial charge in [-0.3, -0.25) is 9.69 Å². The highest BCUT2D eigenvalue weighted by Gasteiger charge is 2.18. The molecule has 0 unspecified atom stereocenters. The predicted molar refractivity (Wildman–Crippen MR) is 116 cm³/mol. The molecule has 1 aliphatic rings. The summed E-state index contributed by atoms with van der Waals surface area (Å²) in [5, 5.41) is 14.0. The second-order valence-electron chi connectivity index (χ2n) is 7.07. The number of hydrogen-bond donors (Lipinski definition) is 2. The summed E-state index contributed by atoms with van der Waals surface area (Å²) in [6, 6.07) is 15.5. The third-order valence-corrected chi connectivity index (χ3v) is 5.05. The van der Waals surface area contributed by atoms with Crippen LogP contribution >= 0.6 is 0 Å². The Kier molecular flexibility index (Phi) is 7.79. The Hall–Kier alpha value is -3.64. The maximum atomic E-state index is 11.6. The van der Waals surface area contributed by atoms with E-state index in [-0.39, 0.29) is 12.5 Å². The number of ether oxygens (including phenoxy) is 1. The molecule has 1 fully saturated rings. The molecule has 162 valence electrons. The van der Waals surface area contributed by atoms with Gasteiger partial charge < -0.3 is 20.3 Å². The first-order valence-electron chi connectivity index (χ1n) is 10.1. The number of hydrogen-bond acceptors (Lipinski definition) is 7. The van der Waals surface area contributed by atoms with E-state index in [9.17, 15) is 9.59 Å². The van der Waals surface area contributed by atoms with Crippen LogP contribution in [-0.4, -0.2) is 74.8 Å². The fraction of sp³-hybridized carbons (Fsp3) is 0.364. The lowest BCUT2D eigenvalue weighted by atomic mass is 10.1. The quantitative estimate of drug-likeness (QED) is 0.690. The topological polar surface area (TPSA) is 111 Å². The lowest BCUT2D eigenvalue weighted by molar-refractivity contribution is -0.123. The van der Waals surface area contributed by atoms with Gasteiger partial charge >= 0.3 is 6.09 Å². The molecule has 0 aliphatic carbocycles. The van der Waals surface area contributed by atoms with E-state index in [4.69, 9.17) is 15.0 Å². The normalized spacial score (nSPS) is 13.9. The van der Waals surface area contributed by atoms with Gasteiger partial charge in [0.15, 0.2) is 6.61 Å². The fourth-order valence-corrected chi connectivity index (χ4v) is 3.25. The number of rotatable bonds is 7. The SMILES string of the molecule is CNC(=O)COC(=O)NCCN1CCN(c2cccc(-c3ccc(C#N)cc3)n2)CC1. The molecule has 2 N–H and O–H groups in total. The van der Waals surface area contributed by atoms with Gasteiger partial charge in [-0.05, 0) is 24.3 Å². The molecular formula is C22H26N6O3. The third kappa shape index (κ3) is 6.42. The number of benzene rings is 1. The Morgan fingerprint density at radius 1 is 1.13 bits per heavy atom. The highest BCUT2D eigenvalue weighted by atomic mass is 16.6. The van der Waals surface area contributed by atoms with Crippen LogP contribution in [0.2, 0.25) is 0 Å². The molecule has 0 saturated carbocycles. The number of amides is 2. The van der Waals surface area contributed by atoms with Crippen molar-refractivity contribution in [1.82, 2.24) is 20.5 Å². The molecule has 1 aromatic heterocycles.